The molecule has 3 heterocycles. The number of carbonyl (C=O) groups excluding carboxylic acids is 1. The largest absolute Gasteiger partial charge is 0.444 e. The van der Waals surface area contributed by atoms with Crippen molar-refractivity contribution in [3.8, 4) is 6.07 Å². The van der Waals surface area contributed by atoms with E-state index in [1.807, 2.05) is 49.9 Å². The Morgan fingerprint density at radius 3 is 2.73 bits per heavy atom. The van der Waals surface area contributed by atoms with Crippen LogP contribution in [0.15, 0.2) is 30.5 Å². The zero-order valence-electron chi connectivity index (χ0n) is 18.1. The van der Waals surface area contributed by atoms with Gasteiger partial charge in [-0.2, -0.15) is 5.26 Å². The molecule has 30 heavy (non-hydrogen) atoms. The number of carbonyl (C=O) groups is 1. The van der Waals surface area contributed by atoms with Crippen LogP contribution in [0.25, 0.3) is 10.9 Å². The number of piperazine rings is 2. The lowest BCUT2D eigenvalue weighted by atomic mass is 10.0. The van der Waals surface area contributed by atoms with E-state index >= 15 is 0 Å². The lowest BCUT2D eigenvalue weighted by molar-refractivity contribution is -0.00654. The number of amides is 1. The molecule has 0 saturated carbocycles. The summed E-state index contributed by atoms with van der Waals surface area (Å²) in [6, 6.07) is 10.7. The van der Waals surface area contributed by atoms with Crippen LogP contribution in [0, 0.1) is 11.3 Å². The second-order valence-corrected chi connectivity index (χ2v) is 9.22. The maximum absolute atomic E-state index is 12.6. The first-order valence-electron chi connectivity index (χ1n) is 10.5. The van der Waals surface area contributed by atoms with Gasteiger partial charge in [-0.3, -0.25) is 9.88 Å². The van der Waals surface area contributed by atoms with Crippen molar-refractivity contribution in [2.45, 2.75) is 45.4 Å². The minimum Gasteiger partial charge on any atom is -0.444 e. The van der Waals surface area contributed by atoms with E-state index in [0.29, 0.717) is 24.7 Å². The van der Waals surface area contributed by atoms with E-state index in [1.54, 1.807) is 6.20 Å². The van der Waals surface area contributed by atoms with E-state index in [4.69, 9.17) is 4.74 Å². The SMILES string of the molecule is C[C@@H]1CN(c2ccc(C#N)c3ncccc23)CC2CN(C(=O)OC(C)(C)C)CCN21. The Labute approximate surface area is 177 Å². The van der Waals surface area contributed by atoms with E-state index < -0.39 is 5.60 Å². The Balaban J connectivity index is 1.58. The van der Waals surface area contributed by atoms with Crippen molar-refractivity contribution in [1.29, 1.82) is 5.26 Å². The Hall–Kier alpha value is -2.85. The lowest BCUT2D eigenvalue weighted by Gasteiger charge is -2.51. The summed E-state index contributed by atoms with van der Waals surface area (Å²) in [4.78, 5) is 23.8. The van der Waals surface area contributed by atoms with Crippen LogP contribution in [0.3, 0.4) is 0 Å². The summed E-state index contributed by atoms with van der Waals surface area (Å²) in [5.41, 5.74) is 1.94. The second kappa shape index (κ2) is 7.77. The summed E-state index contributed by atoms with van der Waals surface area (Å²) >= 11 is 0. The van der Waals surface area contributed by atoms with E-state index in [1.165, 1.54) is 0 Å². The molecular weight excluding hydrogens is 378 g/mol. The third kappa shape index (κ3) is 3.92. The van der Waals surface area contributed by atoms with Crippen molar-refractivity contribution in [3.05, 3.63) is 36.0 Å². The first-order chi connectivity index (χ1) is 14.3. The van der Waals surface area contributed by atoms with Gasteiger partial charge in [0.2, 0.25) is 0 Å². The predicted molar refractivity (Wildman–Crippen MR) is 116 cm³/mol. The van der Waals surface area contributed by atoms with Gasteiger partial charge in [0.1, 0.15) is 11.7 Å². The van der Waals surface area contributed by atoms with Crippen LogP contribution >= 0.6 is 0 Å². The molecule has 0 N–H and O–H groups in total. The Bertz CT molecular complexity index is 993. The zero-order chi connectivity index (χ0) is 21.5. The number of fused-ring (bicyclic) bond motifs is 2. The molecular formula is C23H29N5O2. The topological polar surface area (TPSA) is 72.7 Å². The van der Waals surface area contributed by atoms with Gasteiger partial charge in [-0.05, 0) is 52.0 Å². The number of hydrogen-bond donors (Lipinski definition) is 0. The van der Waals surface area contributed by atoms with Crippen LogP contribution in [-0.2, 0) is 4.74 Å². The van der Waals surface area contributed by atoms with Crippen LogP contribution in [0.1, 0.15) is 33.3 Å². The monoisotopic (exact) mass is 407 g/mol. The van der Waals surface area contributed by atoms with Crippen LogP contribution in [0.2, 0.25) is 0 Å². The number of benzene rings is 1. The van der Waals surface area contributed by atoms with E-state index in [9.17, 15) is 10.1 Å². The quantitative estimate of drug-likeness (QED) is 0.723. The Kier molecular flexibility index (Phi) is 5.29. The summed E-state index contributed by atoms with van der Waals surface area (Å²) < 4.78 is 5.59. The molecule has 0 bridgehead atoms. The summed E-state index contributed by atoms with van der Waals surface area (Å²) in [6.07, 6.45) is 1.49. The lowest BCUT2D eigenvalue weighted by Crippen LogP contribution is -2.66. The molecule has 2 aromatic rings. The van der Waals surface area contributed by atoms with Gasteiger partial charge in [-0.25, -0.2) is 4.79 Å². The van der Waals surface area contributed by atoms with Crippen molar-refractivity contribution in [2.75, 3.05) is 37.6 Å². The number of rotatable bonds is 1. The van der Waals surface area contributed by atoms with Gasteiger partial charge >= 0.3 is 6.09 Å². The van der Waals surface area contributed by atoms with Crippen molar-refractivity contribution < 1.29 is 9.53 Å². The van der Waals surface area contributed by atoms with Gasteiger partial charge < -0.3 is 14.5 Å². The maximum Gasteiger partial charge on any atom is 0.410 e. The standard InChI is InChI=1S/C23H29N5O2/c1-16-13-27(20-8-7-17(12-24)21-19(20)6-5-9-25-21)15-18-14-26(10-11-28(16)18)22(29)30-23(2,3)4/h5-9,16,18H,10-11,13-15H2,1-4H3/t16-,18?/m1/s1. The van der Waals surface area contributed by atoms with Gasteiger partial charge in [0.15, 0.2) is 0 Å². The number of aromatic nitrogens is 1. The van der Waals surface area contributed by atoms with Gasteiger partial charge in [-0.1, -0.05) is 0 Å². The number of ether oxygens (including phenoxy) is 1. The molecule has 0 spiro atoms. The average molecular weight is 408 g/mol. The molecule has 2 aliphatic heterocycles. The molecule has 0 aliphatic carbocycles. The molecule has 7 heteroatoms. The molecule has 2 fully saturated rings. The normalized spacial score (nSPS) is 22.5. The van der Waals surface area contributed by atoms with E-state index in [-0.39, 0.29) is 12.1 Å². The van der Waals surface area contributed by atoms with Crippen molar-refractivity contribution in [1.82, 2.24) is 14.8 Å². The summed E-state index contributed by atoms with van der Waals surface area (Å²) in [5, 5.41) is 10.4. The molecule has 1 aromatic heterocycles. The molecule has 2 saturated heterocycles. The number of hydrogen-bond acceptors (Lipinski definition) is 6. The Morgan fingerprint density at radius 2 is 2.00 bits per heavy atom. The smallest absolute Gasteiger partial charge is 0.410 e. The molecule has 1 aromatic carbocycles. The van der Waals surface area contributed by atoms with Crippen LogP contribution < -0.4 is 4.90 Å². The Morgan fingerprint density at radius 1 is 1.20 bits per heavy atom. The van der Waals surface area contributed by atoms with Crippen molar-refractivity contribution >= 4 is 22.7 Å². The third-order valence-electron chi connectivity index (χ3n) is 5.87. The van der Waals surface area contributed by atoms with E-state index in [0.717, 1.165) is 36.2 Å². The van der Waals surface area contributed by atoms with Gasteiger partial charge in [0, 0.05) is 62.1 Å². The number of nitriles is 1. The zero-order valence-corrected chi connectivity index (χ0v) is 18.1. The highest BCUT2D eigenvalue weighted by Crippen LogP contribution is 2.32. The highest BCUT2D eigenvalue weighted by molar-refractivity contribution is 5.95. The summed E-state index contributed by atoms with van der Waals surface area (Å²) in [5.74, 6) is 0. The summed E-state index contributed by atoms with van der Waals surface area (Å²) in [6.45, 7) is 11.9. The minimum atomic E-state index is -0.492. The van der Waals surface area contributed by atoms with Crippen LogP contribution in [0.5, 0.6) is 0 Å². The van der Waals surface area contributed by atoms with Crippen LogP contribution in [-0.4, -0.2) is 71.3 Å². The number of anilines is 1. The first-order valence-corrected chi connectivity index (χ1v) is 10.5. The number of nitrogens with zero attached hydrogens (tertiary/aromatic N) is 5. The fraction of sp³-hybridized carbons (Fsp3) is 0.522. The highest BCUT2D eigenvalue weighted by Gasteiger charge is 2.38. The molecule has 2 aliphatic rings. The molecule has 0 radical (unpaired) electrons. The fourth-order valence-electron chi connectivity index (χ4n) is 4.58. The molecule has 4 rings (SSSR count). The third-order valence-corrected chi connectivity index (χ3v) is 5.87. The van der Waals surface area contributed by atoms with Gasteiger partial charge in [0.25, 0.3) is 0 Å². The first kappa shape index (κ1) is 20.4. The molecule has 1 unspecified atom stereocenters. The average Bonchev–Trinajstić information content (AvgIpc) is 2.71. The molecule has 1 amide bonds. The number of pyridine rings is 1. The second-order valence-electron chi connectivity index (χ2n) is 9.22. The minimum absolute atomic E-state index is 0.234. The van der Waals surface area contributed by atoms with Gasteiger partial charge in [-0.15, -0.1) is 0 Å². The van der Waals surface area contributed by atoms with Crippen molar-refractivity contribution in [2.24, 2.45) is 0 Å². The van der Waals surface area contributed by atoms with E-state index in [2.05, 4.69) is 27.8 Å². The molecule has 158 valence electrons. The highest BCUT2D eigenvalue weighted by atomic mass is 16.6. The van der Waals surface area contributed by atoms with Gasteiger partial charge in [0.05, 0.1) is 11.1 Å². The van der Waals surface area contributed by atoms with Crippen molar-refractivity contribution in [3.63, 3.8) is 0 Å². The predicted octanol–water partition coefficient (Wildman–Crippen LogP) is 3.24. The van der Waals surface area contributed by atoms with Crippen LogP contribution in [0.4, 0.5) is 10.5 Å². The molecule has 2 atom stereocenters. The molecule has 7 nitrogen and oxygen atoms in total. The summed E-state index contributed by atoms with van der Waals surface area (Å²) in [7, 11) is 0. The fourth-order valence-corrected chi connectivity index (χ4v) is 4.58. The maximum atomic E-state index is 12.6.